The lowest BCUT2D eigenvalue weighted by molar-refractivity contribution is 0.0953. The Balaban J connectivity index is 1.88. The van der Waals surface area contributed by atoms with Crippen molar-refractivity contribution in [1.82, 2.24) is 5.32 Å². The highest BCUT2D eigenvalue weighted by atomic mass is 79.9. The zero-order chi connectivity index (χ0) is 15.2. The second kappa shape index (κ2) is 7.27. The Morgan fingerprint density at radius 1 is 1.24 bits per heavy atom. The number of hydrogen-bond acceptors (Lipinski definition) is 2. The van der Waals surface area contributed by atoms with Crippen molar-refractivity contribution in [3.8, 4) is 0 Å². The minimum atomic E-state index is -0.130. The number of hydrogen-bond donors (Lipinski definition) is 2. The number of nitrogen functional groups attached to an aromatic ring is 1. The molecule has 1 atom stereocenters. The third-order valence-corrected chi connectivity index (χ3v) is 3.98. The molecule has 3 nitrogen and oxygen atoms in total. The van der Waals surface area contributed by atoms with Crippen molar-refractivity contribution < 1.29 is 4.79 Å². The lowest BCUT2D eigenvalue weighted by atomic mass is 9.98. The van der Waals surface area contributed by atoms with Crippen molar-refractivity contribution in [1.29, 1.82) is 0 Å². The number of rotatable bonds is 5. The predicted molar refractivity (Wildman–Crippen MR) is 90.4 cm³/mol. The largest absolute Gasteiger partial charge is 0.398 e. The van der Waals surface area contributed by atoms with Gasteiger partial charge in [-0.25, -0.2) is 0 Å². The van der Waals surface area contributed by atoms with Gasteiger partial charge in [0.05, 0.1) is 5.56 Å². The van der Waals surface area contributed by atoms with Gasteiger partial charge in [0, 0.05) is 16.7 Å². The van der Waals surface area contributed by atoms with Gasteiger partial charge in [-0.05, 0) is 36.1 Å². The fourth-order valence-corrected chi connectivity index (χ4v) is 2.53. The van der Waals surface area contributed by atoms with E-state index in [4.69, 9.17) is 5.73 Å². The number of nitrogens with one attached hydrogen (secondary N) is 1. The van der Waals surface area contributed by atoms with Crippen molar-refractivity contribution >= 4 is 27.5 Å². The Kier molecular flexibility index (Phi) is 5.39. The summed E-state index contributed by atoms with van der Waals surface area (Å²) in [6, 6.07) is 15.6. The van der Waals surface area contributed by atoms with E-state index in [0.29, 0.717) is 23.7 Å². The molecule has 0 aliphatic carbocycles. The third-order valence-electron chi connectivity index (χ3n) is 3.49. The highest BCUT2D eigenvalue weighted by Crippen LogP contribution is 2.19. The normalized spacial score (nSPS) is 11.9. The maximum absolute atomic E-state index is 12.1. The number of carbonyl (C=O) groups excluding carboxylic acids is 1. The molecule has 0 bridgehead atoms. The topological polar surface area (TPSA) is 55.1 Å². The second-order valence-corrected chi connectivity index (χ2v) is 6.00. The molecule has 0 aliphatic heterocycles. The van der Waals surface area contributed by atoms with E-state index in [1.807, 2.05) is 24.3 Å². The summed E-state index contributed by atoms with van der Waals surface area (Å²) in [6.45, 7) is 2.79. The maximum Gasteiger partial charge on any atom is 0.253 e. The Morgan fingerprint density at radius 3 is 2.67 bits per heavy atom. The number of carbonyl (C=O) groups is 1. The van der Waals surface area contributed by atoms with Gasteiger partial charge in [0.1, 0.15) is 0 Å². The molecule has 21 heavy (non-hydrogen) atoms. The van der Waals surface area contributed by atoms with Gasteiger partial charge in [-0.2, -0.15) is 0 Å². The van der Waals surface area contributed by atoms with Crippen LogP contribution in [0, 0.1) is 0 Å². The first-order chi connectivity index (χ1) is 10.1. The molecular weight excluding hydrogens is 328 g/mol. The smallest absolute Gasteiger partial charge is 0.253 e. The van der Waals surface area contributed by atoms with Crippen molar-refractivity contribution in [2.45, 2.75) is 19.3 Å². The van der Waals surface area contributed by atoms with E-state index in [1.165, 1.54) is 5.56 Å². The van der Waals surface area contributed by atoms with Gasteiger partial charge < -0.3 is 11.1 Å². The number of amides is 1. The SMILES string of the molecule is CC(CCNC(=O)c1cc(Br)ccc1N)c1ccccc1. The highest BCUT2D eigenvalue weighted by molar-refractivity contribution is 9.10. The van der Waals surface area contributed by atoms with Crippen LogP contribution in [-0.2, 0) is 0 Å². The fraction of sp³-hybridized carbons (Fsp3) is 0.235. The Labute approximate surface area is 133 Å². The zero-order valence-electron chi connectivity index (χ0n) is 12.0. The Hall–Kier alpha value is -1.81. The van der Waals surface area contributed by atoms with Crippen molar-refractivity contribution in [3.63, 3.8) is 0 Å². The van der Waals surface area contributed by atoms with Gasteiger partial charge in [0.25, 0.3) is 5.91 Å². The first kappa shape index (κ1) is 15.6. The average molecular weight is 347 g/mol. The molecule has 0 radical (unpaired) electrons. The van der Waals surface area contributed by atoms with Crippen LogP contribution in [0.2, 0.25) is 0 Å². The summed E-state index contributed by atoms with van der Waals surface area (Å²) < 4.78 is 0.847. The summed E-state index contributed by atoms with van der Waals surface area (Å²) in [4.78, 5) is 12.1. The molecule has 2 aromatic rings. The summed E-state index contributed by atoms with van der Waals surface area (Å²) >= 11 is 3.35. The average Bonchev–Trinajstić information content (AvgIpc) is 2.50. The lowest BCUT2D eigenvalue weighted by Gasteiger charge is -2.13. The van der Waals surface area contributed by atoms with E-state index in [-0.39, 0.29) is 5.91 Å². The van der Waals surface area contributed by atoms with Crippen molar-refractivity contribution in [2.75, 3.05) is 12.3 Å². The molecule has 2 rings (SSSR count). The summed E-state index contributed by atoms with van der Waals surface area (Å²) in [6.07, 6.45) is 0.893. The molecule has 1 unspecified atom stereocenters. The number of halogens is 1. The minimum absolute atomic E-state index is 0.130. The summed E-state index contributed by atoms with van der Waals surface area (Å²) in [5.74, 6) is 0.278. The standard InChI is InChI=1S/C17H19BrN2O/c1-12(13-5-3-2-4-6-13)9-10-20-17(21)15-11-14(18)7-8-16(15)19/h2-8,11-12H,9-10,19H2,1H3,(H,20,21). The fourth-order valence-electron chi connectivity index (χ4n) is 2.17. The highest BCUT2D eigenvalue weighted by Gasteiger charge is 2.11. The number of benzene rings is 2. The van der Waals surface area contributed by atoms with Crippen molar-refractivity contribution in [3.05, 3.63) is 64.1 Å². The van der Waals surface area contributed by atoms with E-state index >= 15 is 0 Å². The van der Waals surface area contributed by atoms with Crippen LogP contribution in [0.4, 0.5) is 5.69 Å². The zero-order valence-corrected chi connectivity index (χ0v) is 13.6. The van der Waals surface area contributed by atoms with Crippen LogP contribution in [0.1, 0.15) is 35.2 Å². The molecule has 0 aliphatic rings. The van der Waals surface area contributed by atoms with E-state index in [2.05, 4.69) is 40.3 Å². The van der Waals surface area contributed by atoms with Crippen LogP contribution in [0.25, 0.3) is 0 Å². The third kappa shape index (κ3) is 4.33. The van der Waals surface area contributed by atoms with Gasteiger partial charge >= 0.3 is 0 Å². The van der Waals surface area contributed by atoms with Gasteiger partial charge in [-0.1, -0.05) is 53.2 Å². The Morgan fingerprint density at radius 2 is 1.95 bits per heavy atom. The number of nitrogens with two attached hydrogens (primary N) is 1. The van der Waals surface area contributed by atoms with Gasteiger partial charge in [-0.3, -0.25) is 4.79 Å². The molecule has 3 N–H and O–H groups in total. The molecule has 1 amide bonds. The molecule has 0 aromatic heterocycles. The maximum atomic E-state index is 12.1. The number of anilines is 1. The first-order valence-electron chi connectivity index (χ1n) is 6.96. The van der Waals surface area contributed by atoms with Gasteiger partial charge in [-0.15, -0.1) is 0 Å². The van der Waals surface area contributed by atoms with Crippen LogP contribution in [0.3, 0.4) is 0 Å². The molecule has 0 saturated carbocycles. The molecule has 0 heterocycles. The van der Waals surface area contributed by atoms with Crippen LogP contribution >= 0.6 is 15.9 Å². The second-order valence-electron chi connectivity index (χ2n) is 5.09. The Bertz CT molecular complexity index is 613. The minimum Gasteiger partial charge on any atom is -0.398 e. The van der Waals surface area contributed by atoms with E-state index in [0.717, 1.165) is 10.9 Å². The monoisotopic (exact) mass is 346 g/mol. The molecular formula is C17H19BrN2O. The summed E-state index contributed by atoms with van der Waals surface area (Å²) in [5, 5.41) is 2.93. The molecule has 0 saturated heterocycles. The van der Waals surface area contributed by atoms with Gasteiger partial charge in [0.15, 0.2) is 0 Å². The van der Waals surface area contributed by atoms with Crippen LogP contribution in [0.5, 0.6) is 0 Å². The summed E-state index contributed by atoms with van der Waals surface area (Å²) in [7, 11) is 0. The molecule has 0 fully saturated rings. The van der Waals surface area contributed by atoms with E-state index in [1.54, 1.807) is 12.1 Å². The van der Waals surface area contributed by atoms with Crippen molar-refractivity contribution in [2.24, 2.45) is 0 Å². The predicted octanol–water partition coefficient (Wildman–Crippen LogP) is 3.95. The summed E-state index contributed by atoms with van der Waals surface area (Å²) in [5.41, 5.74) is 8.12. The molecule has 110 valence electrons. The van der Waals surface area contributed by atoms with E-state index in [9.17, 15) is 4.79 Å². The quantitative estimate of drug-likeness (QED) is 0.805. The van der Waals surface area contributed by atoms with Crippen LogP contribution in [-0.4, -0.2) is 12.5 Å². The van der Waals surface area contributed by atoms with Gasteiger partial charge in [0.2, 0.25) is 0 Å². The lowest BCUT2D eigenvalue weighted by Crippen LogP contribution is -2.26. The molecule has 2 aromatic carbocycles. The molecule has 0 spiro atoms. The first-order valence-corrected chi connectivity index (χ1v) is 7.75. The van der Waals surface area contributed by atoms with Crippen LogP contribution < -0.4 is 11.1 Å². The van der Waals surface area contributed by atoms with Crippen LogP contribution in [0.15, 0.2) is 53.0 Å². The van der Waals surface area contributed by atoms with E-state index < -0.39 is 0 Å². The molecule has 4 heteroatoms.